The van der Waals surface area contributed by atoms with E-state index < -0.39 is 10.0 Å². The van der Waals surface area contributed by atoms with Crippen molar-refractivity contribution in [2.24, 2.45) is 0 Å². The van der Waals surface area contributed by atoms with Crippen molar-refractivity contribution < 1.29 is 13.2 Å². The first kappa shape index (κ1) is 19.6. The maximum Gasteiger partial charge on any atom is 0.253 e. The summed E-state index contributed by atoms with van der Waals surface area (Å²) >= 11 is 0. The molecular weight excluding hydrogens is 388 g/mol. The van der Waals surface area contributed by atoms with Crippen LogP contribution in [-0.2, 0) is 10.0 Å². The van der Waals surface area contributed by atoms with Crippen LogP contribution in [0.4, 0.5) is 0 Å². The number of imidazole rings is 1. The fourth-order valence-corrected chi connectivity index (χ4v) is 4.62. The number of sulfonamides is 1. The fourth-order valence-electron chi connectivity index (χ4n) is 3.71. The molecule has 3 aromatic rings. The molecule has 0 aliphatic carbocycles. The summed E-state index contributed by atoms with van der Waals surface area (Å²) in [4.78, 5) is 23.1. The van der Waals surface area contributed by atoms with Gasteiger partial charge in [-0.3, -0.25) is 4.79 Å². The summed E-state index contributed by atoms with van der Waals surface area (Å²) in [6.07, 6.45) is 1.88. The third-order valence-corrected chi connectivity index (χ3v) is 7.21. The molecule has 1 aliphatic heterocycles. The molecule has 0 bridgehead atoms. The van der Waals surface area contributed by atoms with Gasteiger partial charge in [-0.2, -0.15) is 0 Å². The Morgan fingerprint density at radius 2 is 1.86 bits per heavy atom. The van der Waals surface area contributed by atoms with E-state index in [1.165, 1.54) is 26.2 Å². The van der Waals surface area contributed by atoms with Gasteiger partial charge in [0.15, 0.2) is 0 Å². The summed E-state index contributed by atoms with van der Waals surface area (Å²) < 4.78 is 25.6. The second kappa shape index (κ2) is 7.61. The number of carbonyl (C=O) groups excluding carboxylic acids is 1. The number of para-hydroxylation sites is 2. The van der Waals surface area contributed by atoms with E-state index in [0.717, 1.165) is 34.0 Å². The van der Waals surface area contributed by atoms with Crippen LogP contribution in [0.25, 0.3) is 11.0 Å². The maximum atomic E-state index is 13.0. The molecule has 8 heteroatoms. The van der Waals surface area contributed by atoms with Crippen molar-refractivity contribution in [3.8, 4) is 0 Å². The molecule has 1 atom stereocenters. The zero-order chi connectivity index (χ0) is 20.6. The number of fused-ring (bicyclic) bond motifs is 1. The average Bonchev–Trinajstić information content (AvgIpc) is 3.18. The van der Waals surface area contributed by atoms with Crippen LogP contribution in [0.3, 0.4) is 0 Å². The molecule has 0 saturated carbocycles. The van der Waals surface area contributed by atoms with Crippen molar-refractivity contribution in [2.75, 3.05) is 27.2 Å². The molecule has 1 aromatic heterocycles. The van der Waals surface area contributed by atoms with Crippen molar-refractivity contribution >= 4 is 27.0 Å². The van der Waals surface area contributed by atoms with Crippen LogP contribution in [0.1, 0.15) is 34.9 Å². The van der Waals surface area contributed by atoms with E-state index in [9.17, 15) is 13.2 Å². The molecule has 29 heavy (non-hydrogen) atoms. The van der Waals surface area contributed by atoms with Gasteiger partial charge in [0.1, 0.15) is 5.82 Å². The third kappa shape index (κ3) is 3.77. The largest absolute Gasteiger partial charge is 0.342 e. The quantitative estimate of drug-likeness (QED) is 0.714. The number of aromatic nitrogens is 2. The van der Waals surface area contributed by atoms with Crippen molar-refractivity contribution in [3.63, 3.8) is 0 Å². The number of hydrogen-bond acceptors (Lipinski definition) is 4. The number of rotatable bonds is 4. The normalized spacial score (nSPS) is 17.8. The first-order valence-electron chi connectivity index (χ1n) is 9.63. The standard InChI is InChI=1S/C21H24N4O3S/c1-24(2)29(27,28)17-11-9-15(10-12-17)21(26)25-13-5-6-16(14-25)20-22-18-7-3-4-8-19(18)23-20/h3-4,7-12,16H,5-6,13-14H2,1-2H3,(H,22,23)/t16-/m0/s1. The van der Waals surface area contributed by atoms with Gasteiger partial charge < -0.3 is 9.88 Å². The lowest BCUT2D eigenvalue weighted by Gasteiger charge is -2.32. The van der Waals surface area contributed by atoms with Gasteiger partial charge in [0.25, 0.3) is 5.91 Å². The Bertz CT molecular complexity index is 1100. The second-order valence-electron chi connectivity index (χ2n) is 7.54. The predicted octanol–water partition coefficient (Wildman–Crippen LogP) is 2.83. The minimum Gasteiger partial charge on any atom is -0.342 e. The molecule has 152 valence electrons. The zero-order valence-corrected chi connectivity index (χ0v) is 17.3. The number of hydrogen-bond donors (Lipinski definition) is 1. The maximum absolute atomic E-state index is 13.0. The number of aromatic amines is 1. The number of likely N-dealkylation sites (tertiary alicyclic amines) is 1. The molecule has 1 fully saturated rings. The van der Waals surface area contributed by atoms with E-state index in [1.807, 2.05) is 29.2 Å². The minimum atomic E-state index is -3.51. The summed E-state index contributed by atoms with van der Waals surface area (Å²) in [5.74, 6) is 0.990. The summed E-state index contributed by atoms with van der Waals surface area (Å²) in [6.45, 7) is 1.28. The third-order valence-electron chi connectivity index (χ3n) is 5.38. The van der Waals surface area contributed by atoms with Gasteiger partial charge in [0, 0.05) is 38.7 Å². The van der Waals surface area contributed by atoms with E-state index in [4.69, 9.17) is 4.98 Å². The van der Waals surface area contributed by atoms with Crippen LogP contribution >= 0.6 is 0 Å². The van der Waals surface area contributed by atoms with Crippen molar-refractivity contribution in [2.45, 2.75) is 23.7 Å². The highest BCUT2D eigenvalue weighted by atomic mass is 32.2. The molecule has 2 heterocycles. The van der Waals surface area contributed by atoms with Gasteiger partial charge in [-0.25, -0.2) is 17.7 Å². The highest BCUT2D eigenvalue weighted by Gasteiger charge is 2.28. The Hall–Kier alpha value is -2.71. The van der Waals surface area contributed by atoms with E-state index in [0.29, 0.717) is 18.7 Å². The first-order valence-corrected chi connectivity index (χ1v) is 11.1. The summed E-state index contributed by atoms with van der Waals surface area (Å²) in [6, 6.07) is 14.1. The molecule has 1 saturated heterocycles. The number of amides is 1. The molecule has 0 unspecified atom stereocenters. The van der Waals surface area contributed by atoms with Gasteiger partial charge in [-0.1, -0.05) is 12.1 Å². The molecule has 1 amide bonds. The zero-order valence-electron chi connectivity index (χ0n) is 16.5. The monoisotopic (exact) mass is 412 g/mol. The van der Waals surface area contributed by atoms with Crippen LogP contribution in [-0.4, -0.2) is 60.7 Å². The number of piperidine rings is 1. The van der Waals surface area contributed by atoms with E-state index in [1.54, 1.807) is 12.1 Å². The second-order valence-corrected chi connectivity index (χ2v) is 9.69. The molecule has 2 aromatic carbocycles. The van der Waals surface area contributed by atoms with Crippen LogP contribution < -0.4 is 0 Å². The number of H-pyrrole nitrogens is 1. The van der Waals surface area contributed by atoms with Gasteiger partial charge in [0.05, 0.1) is 15.9 Å². The van der Waals surface area contributed by atoms with E-state index in [-0.39, 0.29) is 16.7 Å². The van der Waals surface area contributed by atoms with Crippen LogP contribution in [0.2, 0.25) is 0 Å². The summed E-state index contributed by atoms with van der Waals surface area (Å²) in [7, 11) is -0.533. The molecular formula is C21H24N4O3S. The van der Waals surface area contributed by atoms with Crippen LogP contribution in [0.15, 0.2) is 53.4 Å². The predicted molar refractivity (Wildman–Crippen MR) is 111 cm³/mol. The minimum absolute atomic E-state index is 0.0837. The lowest BCUT2D eigenvalue weighted by Crippen LogP contribution is -2.39. The van der Waals surface area contributed by atoms with E-state index in [2.05, 4.69) is 4.98 Å². The number of nitrogens with zero attached hydrogens (tertiary/aromatic N) is 3. The number of carbonyl (C=O) groups is 1. The molecule has 0 radical (unpaired) electrons. The van der Waals surface area contributed by atoms with Crippen molar-refractivity contribution in [1.29, 1.82) is 0 Å². The Kier molecular flexibility index (Phi) is 5.14. The Morgan fingerprint density at radius 1 is 1.14 bits per heavy atom. The Labute approximate surface area is 170 Å². The summed E-state index contributed by atoms with van der Waals surface area (Å²) in [5, 5.41) is 0. The SMILES string of the molecule is CN(C)S(=O)(=O)c1ccc(C(=O)N2CCC[C@H](c3nc4ccccc4[nH]3)C2)cc1. The van der Waals surface area contributed by atoms with Crippen molar-refractivity contribution in [3.05, 3.63) is 59.9 Å². The first-order chi connectivity index (χ1) is 13.9. The Balaban J connectivity index is 1.51. The fraction of sp³-hybridized carbons (Fsp3) is 0.333. The van der Waals surface area contributed by atoms with Crippen LogP contribution in [0.5, 0.6) is 0 Å². The lowest BCUT2D eigenvalue weighted by molar-refractivity contribution is 0.0705. The number of benzene rings is 2. The number of nitrogens with one attached hydrogen (secondary N) is 1. The van der Waals surface area contributed by atoms with Crippen molar-refractivity contribution in [1.82, 2.24) is 19.2 Å². The lowest BCUT2D eigenvalue weighted by atomic mass is 9.96. The molecule has 1 N–H and O–H groups in total. The van der Waals surface area contributed by atoms with Gasteiger partial charge >= 0.3 is 0 Å². The highest BCUT2D eigenvalue weighted by Crippen LogP contribution is 2.28. The smallest absolute Gasteiger partial charge is 0.253 e. The average molecular weight is 413 g/mol. The molecule has 7 nitrogen and oxygen atoms in total. The molecule has 0 spiro atoms. The molecule has 4 rings (SSSR count). The van der Waals surface area contributed by atoms with E-state index >= 15 is 0 Å². The van der Waals surface area contributed by atoms with Gasteiger partial charge in [0.2, 0.25) is 10.0 Å². The summed E-state index contributed by atoms with van der Waals surface area (Å²) in [5.41, 5.74) is 2.43. The Morgan fingerprint density at radius 3 is 2.55 bits per heavy atom. The molecule has 1 aliphatic rings. The topological polar surface area (TPSA) is 86.4 Å². The highest BCUT2D eigenvalue weighted by molar-refractivity contribution is 7.89. The van der Waals surface area contributed by atoms with Crippen LogP contribution in [0, 0.1) is 0 Å². The van der Waals surface area contributed by atoms with Gasteiger partial charge in [-0.05, 0) is 49.2 Å². The van der Waals surface area contributed by atoms with Gasteiger partial charge in [-0.15, -0.1) is 0 Å².